The number of ether oxygens (including phenoxy) is 1. The van der Waals surface area contributed by atoms with E-state index in [1.54, 1.807) is 6.92 Å². The number of alkyl halides is 2. The van der Waals surface area contributed by atoms with Gasteiger partial charge in [0.25, 0.3) is 6.43 Å². The van der Waals surface area contributed by atoms with Crippen molar-refractivity contribution in [1.29, 1.82) is 0 Å². The molecule has 1 heterocycles. The van der Waals surface area contributed by atoms with Crippen LogP contribution in [0.25, 0.3) is 0 Å². The molecule has 0 bridgehead atoms. The number of halogens is 2. The summed E-state index contributed by atoms with van der Waals surface area (Å²) < 4.78 is 27.1. The van der Waals surface area contributed by atoms with Gasteiger partial charge in [-0.05, 0) is 6.92 Å². The van der Waals surface area contributed by atoms with Gasteiger partial charge in [0.05, 0.1) is 6.10 Å². The molecule has 1 fully saturated rings. The lowest BCUT2D eigenvalue weighted by atomic mass is 10.4. The highest BCUT2D eigenvalue weighted by atomic mass is 19.3. The van der Waals surface area contributed by atoms with Crippen LogP contribution in [0.15, 0.2) is 0 Å². The first kappa shape index (κ1) is 4.97. The van der Waals surface area contributed by atoms with Crippen molar-refractivity contribution in [1.82, 2.24) is 0 Å². The maximum Gasteiger partial charge on any atom is 0.266 e. The lowest BCUT2D eigenvalue weighted by Gasteiger charge is -1.83. The van der Waals surface area contributed by atoms with Gasteiger partial charge >= 0.3 is 0 Å². The van der Waals surface area contributed by atoms with E-state index < -0.39 is 12.5 Å². The average molecular weight is 108 g/mol. The van der Waals surface area contributed by atoms with Crippen molar-refractivity contribution in [3.8, 4) is 0 Å². The summed E-state index contributed by atoms with van der Waals surface area (Å²) in [5, 5.41) is 0. The largest absolute Gasteiger partial charge is 0.364 e. The van der Waals surface area contributed by atoms with E-state index in [2.05, 4.69) is 4.74 Å². The molecule has 0 aromatic carbocycles. The van der Waals surface area contributed by atoms with E-state index in [9.17, 15) is 8.78 Å². The van der Waals surface area contributed by atoms with E-state index in [0.29, 0.717) is 0 Å². The molecule has 2 atom stereocenters. The fourth-order valence-electron chi connectivity index (χ4n) is 0.467. The third-order valence-corrected chi connectivity index (χ3v) is 1.01. The summed E-state index contributed by atoms with van der Waals surface area (Å²) in [6.07, 6.45) is -3.25. The summed E-state index contributed by atoms with van der Waals surface area (Å²) in [6, 6.07) is 0. The Labute approximate surface area is 40.3 Å². The van der Waals surface area contributed by atoms with E-state index in [4.69, 9.17) is 0 Å². The van der Waals surface area contributed by atoms with Crippen LogP contribution in [0, 0.1) is 0 Å². The van der Waals surface area contributed by atoms with Gasteiger partial charge in [0.15, 0.2) is 0 Å². The van der Waals surface area contributed by atoms with Crippen molar-refractivity contribution in [2.75, 3.05) is 0 Å². The molecule has 0 aromatic rings. The Hall–Kier alpha value is -0.180. The highest BCUT2D eigenvalue weighted by Crippen LogP contribution is 2.26. The Morgan fingerprint density at radius 3 is 2.00 bits per heavy atom. The Kier molecular flexibility index (Phi) is 0.995. The summed E-state index contributed by atoms with van der Waals surface area (Å²) in [5.74, 6) is 0. The zero-order chi connectivity index (χ0) is 5.44. The molecule has 7 heavy (non-hydrogen) atoms. The molecule has 1 saturated heterocycles. The monoisotopic (exact) mass is 108 g/mol. The van der Waals surface area contributed by atoms with Gasteiger partial charge in [-0.15, -0.1) is 0 Å². The second-order valence-corrected chi connectivity index (χ2v) is 1.64. The van der Waals surface area contributed by atoms with Crippen LogP contribution < -0.4 is 0 Å². The van der Waals surface area contributed by atoms with Crippen LogP contribution in [0.4, 0.5) is 8.78 Å². The zero-order valence-corrected chi connectivity index (χ0v) is 3.90. The summed E-state index contributed by atoms with van der Waals surface area (Å²) in [5.41, 5.74) is 0. The van der Waals surface area contributed by atoms with Gasteiger partial charge in [-0.25, -0.2) is 8.78 Å². The molecule has 0 aliphatic carbocycles. The van der Waals surface area contributed by atoms with Gasteiger partial charge in [-0.1, -0.05) is 0 Å². The average Bonchev–Trinajstić information content (AvgIpc) is 2.17. The second-order valence-electron chi connectivity index (χ2n) is 1.64. The predicted octanol–water partition coefficient (Wildman–Crippen LogP) is 1.04. The van der Waals surface area contributed by atoms with Crippen LogP contribution in [0.1, 0.15) is 6.92 Å². The van der Waals surface area contributed by atoms with Crippen molar-refractivity contribution in [2.24, 2.45) is 0 Å². The van der Waals surface area contributed by atoms with E-state index in [1.165, 1.54) is 0 Å². The van der Waals surface area contributed by atoms with Gasteiger partial charge < -0.3 is 4.74 Å². The molecule has 2 unspecified atom stereocenters. The van der Waals surface area contributed by atoms with Crippen LogP contribution in [0.3, 0.4) is 0 Å². The molecule has 0 amide bonds. The smallest absolute Gasteiger partial charge is 0.266 e. The third-order valence-electron chi connectivity index (χ3n) is 1.01. The molecule has 1 rings (SSSR count). The van der Waals surface area contributed by atoms with Crippen LogP contribution in [0.2, 0.25) is 0 Å². The minimum atomic E-state index is -2.28. The lowest BCUT2D eigenvalue weighted by molar-refractivity contribution is 0.108. The zero-order valence-electron chi connectivity index (χ0n) is 3.90. The van der Waals surface area contributed by atoms with E-state index in [1.807, 2.05) is 0 Å². The normalized spacial score (nSPS) is 39.4. The fourth-order valence-corrected chi connectivity index (χ4v) is 0.467. The third kappa shape index (κ3) is 0.881. The van der Waals surface area contributed by atoms with Gasteiger partial charge in [-0.2, -0.15) is 0 Å². The van der Waals surface area contributed by atoms with Crippen LogP contribution in [-0.2, 0) is 4.74 Å². The molecule has 42 valence electrons. The number of hydrogen-bond donors (Lipinski definition) is 0. The van der Waals surface area contributed by atoms with Crippen molar-refractivity contribution >= 4 is 0 Å². The Balaban J connectivity index is 2.20. The number of rotatable bonds is 1. The number of epoxide rings is 1. The summed E-state index contributed by atoms with van der Waals surface area (Å²) in [4.78, 5) is 0. The molecule has 0 aromatic heterocycles. The van der Waals surface area contributed by atoms with Crippen LogP contribution >= 0.6 is 0 Å². The second kappa shape index (κ2) is 1.40. The summed E-state index contributed by atoms with van der Waals surface area (Å²) >= 11 is 0. The minimum absolute atomic E-state index is 0.208. The first-order valence-electron chi connectivity index (χ1n) is 2.15. The molecule has 1 nitrogen and oxygen atoms in total. The molecular weight excluding hydrogens is 102 g/mol. The summed E-state index contributed by atoms with van der Waals surface area (Å²) in [6.45, 7) is 1.64. The number of hydrogen-bond acceptors (Lipinski definition) is 1. The summed E-state index contributed by atoms with van der Waals surface area (Å²) in [7, 11) is 0. The van der Waals surface area contributed by atoms with Crippen LogP contribution in [0.5, 0.6) is 0 Å². The SMILES string of the molecule is CC1OC1C(F)F. The fraction of sp³-hybridized carbons (Fsp3) is 1.00. The van der Waals surface area contributed by atoms with Gasteiger partial charge in [-0.3, -0.25) is 0 Å². The lowest BCUT2D eigenvalue weighted by Crippen LogP contribution is -2.01. The highest BCUT2D eigenvalue weighted by molar-refractivity contribution is 4.81. The molecule has 3 heteroatoms. The van der Waals surface area contributed by atoms with Crippen molar-refractivity contribution in [2.45, 2.75) is 25.6 Å². The maximum atomic E-state index is 11.3. The van der Waals surface area contributed by atoms with Crippen LogP contribution in [-0.4, -0.2) is 18.6 Å². The topological polar surface area (TPSA) is 12.5 Å². The standard InChI is InChI=1S/C4H6F2O/c1-2-3(7-2)4(5)6/h2-4H,1H3. The molecular formula is C4H6F2O. The Morgan fingerprint density at radius 2 is 2.00 bits per heavy atom. The maximum absolute atomic E-state index is 11.3. The molecule has 0 radical (unpaired) electrons. The predicted molar refractivity (Wildman–Crippen MR) is 20.3 cm³/mol. The van der Waals surface area contributed by atoms with Gasteiger partial charge in [0.2, 0.25) is 0 Å². The molecule has 0 N–H and O–H groups in total. The molecule has 0 spiro atoms. The first-order chi connectivity index (χ1) is 3.22. The highest BCUT2D eigenvalue weighted by Gasteiger charge is 2.42. The van der Waals surface area contributed by atoms with Crippen molar-refractivity contribution in [3.05, 3.63) is 0 Å². The van der Waals surface area contributed by atoms with Gasteiger partial charge in [0, 0.05) is 0 Å². The molecule has 0 saturated carbocycles. The van der Waals surface area contributed by atoms with E-state index in [-0.39, 0.29) is 6.10 Å². The minimum Gasteiger partial charge on any atom is -0.364 e. The Bertz CT molecular complexity index is 74.1. The van der Waals surface area contributed by atoms with Crippen molar-refractivity contribution < 1.29 is 13.5 Å². The van der Waals surface area contributed by atoms with Gasteiger partial charge in [0.1, 0.15) is 6.10 Å². The van der Waals surface area contributed by atoms with Crippen molar-refractivity contribution in [3.63, 3.8) is 0 Å². The quantitative estimate of drug-likeness (QED) is 0.457. The molecule has 1 aliphatic heterocycles. The Morgan fingerprint density at radius 1 is 1.57 bits per heavy atom. The van der Waals surface area contributed by atoms with E-state index in [0.717, 1.165) is 0 Å². The van der Waals surface area contributed by atoms with E-state index >= 15 is 0 Å². The first-order valence-corrected chi connectivity index (χ1v) is 2.15. The molecule has 1 aliphatic rings.